The summed E-state index contributed by atoms with van der Waals surface area (Å²) in [6.07, 6.45) is 2.56. The summed E-state index contributed by atoms with van der Waals surface area (Å²) in [5.41, 5.74) is 2.94. The van der Waals surface area contributed by atoms with Gasteiger partial charge in [0.25, 0.3) is 0 Å². The van der Waals surface area contributed by atoms with Crippen molar-refractivity contribution in [3.63, 3.8) is 0 Å². The summed E-state index contributed by atoms with van der Waals surface area (Å²) >= 11 is 6.07. The first-order chi connectivity index (χ1) is 14.6. The lowest BCUT2D eigenvalue weighted by molar-refractivity contribution is 0.145. The molecule has 0 amide bonds. The van der Waals surface area contributed by atoms with Crippen LogP contribution in [0.4, 0.5) is 10.2 Å². The Labute approximate surface area is 177 Å². The van der Waals surface area contributed by atoms with Crippen molar-refractivity contribution in [3.05, 3.63) is 65.7 Å². The van der Waals surface area contributed by atoms with Crippen LogP contribution >= 0.6 is 11.6 Å². The van der Waals surface area contributed by atoms with Gasteiger partial charge >= 0.3 is 0 Å². The zero-order valence-electron chi connectivity index (χ0n) is 16.1. The Hall–Kier alpha value is -2.96. The van der Waals surface area contributed by atoms with Gasteiger partial charge in [-0.1, -0.05) is 23.7 Å². The second-order valence-corrected chi connectivity index (χ2v) is 7.85. The molecule has 1 N–H and O–H groups in total. The zero-order chi connectivity index (χ0) is 20.7. The molecule has 152 valence electrons. The van der Waals surface area contributed by atoms with Gasteiger partial charge in [0.1, 0.15) is 23.7 Å². The van der Waals surface area contributed by atoms with Crippen LogP contribution in [0.15, 0.2) is 59.3 Å². The van der Waals surface area contributed by atoms with E-state index in [0.29, 0.717) is 42.4 Å². The monoisotopic (exact) mass is 423 g/mol. The van der Waals surface area contributed by atoms with E-state index in [1.165, 1.54) is 18.5 Å². The largest absolute Gasteiger partial charge is 0.437 e. The molecule has 30 heavy (non-hydrogen) atoms. The number of nitrogens with zero attached hydrogens (tertiary/aromatic N) is 3. The molecule has 1 saturated heterocycles. The van der Waals surface area contributed by atoms with Gasteiger partial charge in [0.15, 0.2) is 0 Å². The number of aliphatic hydroxyl groups excluding tert-OH is 1. The van der Waals surface area contributed by atoms with Crippen molar-refractivity contribution in [1.29, 1.82) is 0 Å². The number of fused-ring (bicyclic) bond motifs is 1. The number of hydrogen-bond donors (Lipinski definition) is 1. The van der Waals surface area contributed by atoms with Gasteiger partial charge in [-0.05, 0) is 54.8 Å². The number of hydrogen-bond acceptors (Lipinski definition) is 5. The topological polar surface area (TPSA) is 62.4 Å². The van der Waals surface area contributed by atoms with E-state index in [2.05, 4.69) is 14.9 Å². The molecule has 0 spiro atoms. The van der Waals surface area contributed by atoms with Crippen LogP contribution in [0.3, 0.4) is 0 Å². The fourth-order valence-corrected chi connectivity index (χ4v) is 4.06. The molecular weight excluding hydrogens is 405 g/mol. The molecule has 3 heterocycles. The SMILES string of the molecule is OC1CCN(c2ncnc3oc(-c4ccc(Cl)cc4)c(-c4ccc(F)cc4)c23)CC1. The first-order valence-electron chi connectivity index (χ1n) is 9.82. The number of furan rings is 1. The highest BCUT2D eigenvalue weighted by Crippen LogP contribution is 2.43. The van der Waals surface area contributed by atoms with Gasteiger partial charge in [-0.15, -0.1) is 0 Å². The number of piperidine rings is 1. The van der Waals surface area contributed by atoms with Gasteiger partial charge in [0.2, 0.25) is 5.71 Å². The maximum Gasteiger partial charge on any atom is 0.232 e. The molecule has 7 heteroatoms. The Morgan fingerprint density at radius 3 is 2.33 bits per heavy atom. The van der Waals surface area contributed by atoms with Crippen molar-refractivity contribution >= 4 is 28.5 Å². The minimum atomic E-state index is -0.305. The molecule has 2 aromatic carbocycles. The minimum absolute atomic E-state index is 0.288. The van der Waals surface area contributed by atoms with Crippen LogP contribution in [0.25, 0.3) is 33.6 Å². The number of benzene rings is 2. The third-order valence-electron chi connectivity index (χ3n) is 5.47. The Morgan fingerprint density at radius 1 is 0.967 bits per heavy atom. The van der Waals surface area contributed by atoms with Crippen LogP contribution in [-0.4, -0.2) is 34.3 Å². The molecule has 0 radical (unpaired) electrons. The van der Waals surface area contributed by atoms with E-state index in [-0.39, 0.29) is 11.9 Å². The molecule has 1 aliphatic heterocycles. The fraction of sp³-hybridized carbons (Fsp3) is 0.217. The summed E-state index contributed by atoms with van der Waals surface area (Å²) in [6, 6.07) is 13.7. The van der Waals surface area contributed by atoms with Gasteiger partial charge in [-0.2, -0.15) is 0 Å². The van der Waals surface area contributed by atoms with Gasteiger partial charge in [-0.3, -0.25) is 0 Å². The smallest absolute Gasteiger partial charge is 0.232 e. The number of aliphatic hydroxyl groups is 1. The van der Waals surface area contributed by atoms with Gasteiger partial charge < -0.3 is 14.4 Å². The second-order valence-electron chi connectivity index (χ2n) is 7.42. The summed E-state index contributed by atoms with van der Waals surface area (Å²) in [6.45, 7) is 1.38. The first-order valence-corrected chi connectivity index (χ1v) is 10.2. The third kappa shape index (κ3) is 3.42. The normalized spacial score (nSPS) is 15.1. The number of halogens is 2. The quantitative estimate of drug-likeness (QED) is 0.483. The van der Waals surface area contributed by atoms with Crippen LogP contribution in [-0.2, 0) is 0 Å². The van der Waals surface area contributed by atoms with Crippen molar-refractivity contribution in [1.82, 2.24) is 9.97 Å². The predicted octanol–water partition coefficient (Wildman–Crippen LogP) is 5.31. The van der Waals surface area contributed by atoms with Crippen molar-refractivity contribution in [2.75, 3.05) is 18.0 Å². The van der Waals surface area contributed by atoms with Crippen LogP contribution in [0.2, 0.25) is 5.02 Å². The van der Waals surface area contributed by atoms with Crippen LogP contribution < -0.4 is 4.90 Å². The molecule has 4 aromatic rings. The summed E-state index contributed by atoms with van der Waals surface area (Å²) in [7, 11) is 0. The van der Waals surface area contributed by atoms with Crippen LogP contribution in [0.1, 0.15) is 12.8 Å². The molecule has 0 aliphatic carbocycles. The maximum atomic E-state index is 13.6. The Morgan fingerprint density at radius 2 is 1.63 bits per heavy atom. The Kier molecular flexibility index (Phi) is 4.89. The van der Waals surface area contributed by atoms with E-state index in [1.807, 2.05) is 12.1 Å². The summed E-state index contributed by atoms with van der Waals surface area (Å²) in [5.74, 6) is 1.09. The second kappa shape index (κ2) is 7.70. The highest BCUT2D eigenvalue weighted by atomic mass is 35.5. The zero-order valence-corrected chi connectivity index (χ0v) is 16.8. The Bertz CT molecular complexity index is 1180. The van der Waals surface area contributed by atoms with E-state index >= 15 is 0 Å². The number of anilines is 1. The summed E-state index contributed by atoms with van der Waals surface area (Å²) in [5, 5.41) is 11.3. The molecule has 0 bridgehead atoms. The molecule has 5 rings (SSSR count). The van der Waals surface area contributed by atoms with E-state index in [9.17, 15) is 9.50 Å². The van der Waals surface area contributed by atoms with E-state index < -0.39 is 0 Å². The molecule has 0 saturated carbocycles. The van der Waals surface area contributed by atoms with E-state index in [0.717, 1.165) is 27.9 Å². The predicted molar refractivity (Wildman–Crippen MR) is 115 cm³/mol. The van der Waals surface area contributed by atoms with E-state index in [1.54, 1.807) is 24.3 Å². The van der Waals surface area contributed by atoms with Crippen molar-refractivity contribution in [2.24, 2.45) is 0 Å². The highest BCUT2D eigenvalue weighted by molar-refractivity contribution is 6.30. The summed E-state index contributed by atoms with van der Waals surface area (Å²) < 4.78 is 19.8. The lowest BCUT2D eigenvalue weighted by Gasteiger charge is -2.30. The van der Waals surface area contributed by atoms with Crippen LogP contribution in [0.5, 0.6) is 0 Å². The Balaban J connectivity index is 1.75. The van der Waals surface area contributed by atoms with Crippen LogP contribution in [0, 0.1) is 5.82 Å². The summed E-state index contributed by atoms with van der Waals surface area (Å²) in [4.78, 5) is 11.1. The highest BCUT2D eigenvalue weighted by Gasteiger charge is 2.26. The molecular formula is C23H19ClFN3O2. The fourth-order valence-electron chi connectivity index (χ4n) is 3.93. The molecule has 5 nitrogen and oxygen atoms in total. The van der Waals surface area contributed by atoms with E-state index in [4.69, 9.17) is 16.0 Å². The third-order valence-corrected chi connectivity index (χ3v) is 5.72. The maximum absolute atomic E-state index is 13.6. The average Bonchev–Trinajstić information content (AvgIpc) is 3.15. The standard InChI is InChI=1S/C23H19ClFN3O2/c24-16-5-1-15(2-6-16)21-19(14-3-7-17(25)8-4-14)20-22(26-13-27-23(20)30-21)28-11-9-18(29)10-12-28/h1-8,13,18,29H,9-12H2. The van der Waals surface area contributed by atoms with Crippen molar-refractivity contribution in [3.8, 4) is 22.5 Å². The molecule has 0 atom stereocenters. The lowest BCUT2D eigenvalue weighted by atomic mass is 9.98. The first kappa shape index (κ1) is 19.0. The lowest BCUT2D eigenvalue weighted by Crippen LogP contribution is -2.36. The van der Waals surface area contributed by atoms with Gasteiger partial charge in [0, 0.05) is 29.2 Å². The molecule has 0 unspecified atom stereocenters. The van der Waals surface area contributed by atoms with Crippen molar-refractivity contribution < 1.29 is 13.9 Å². The molecule has 1 fully saturated rings. The van der Waals surface area contributed by atoms with Gasteiger partial charge in [-0.25, -0.2) is 14.4 Å². The van der Waals surface area contributed by atoms with Crippen molar-refractivity contribution in [2.45, 2.75) is 18.9 Å². The van der Waals surface area contributed by atoms with Gasteiger partial charge in [0.05, 0.1) is 11.5 Å². The average molecular weight is 424 g/mol. The molecule has 2 aromatic heterocycles. The minimum Gasteiger partial charge on any atom is -0.437 e. The number of aromatic nitrogens is 2. The number of rotatable bonds is 3. The molecule has 1 aliphatic rings.